The van der Waals surface area contributed by atoms with E-state index >= 15 is 0 Å². The number of unbranched alkanes of at least 4 members (excludes halogenated alkanes) is 1. The van der Waals surface area contributed by atoms with Gasteiger partial charge in [-0.15, -0.1) is 0 Å². The highest BCUT2D eigenvalue weighted by molar-refractivity contribution is 5.94. The van der Waals surface area contributed by atoms with Gasteiger partial charge < -0.3 is 4.90 Å². The summed E-state index contributed by atoms with van der Waals surface area (Å²) in [5.41, 5.74) is 2.06. The van der Waals surface area contributed by atoms with Gasteiger partial charge in [-0.3, -0.25) is 4.79 Å². The maximum Gasteiger partial charge on any atom is 0.406 e. The molecule has 0 heterocycles. The first-order valence-electron chi connectivity index (χ1n) is 6.67. The molecule has 0 fully saturated rings. The number of aryl methyl sites for hydroxylation is 2. The lowest BCUT2D eigenvalue weighted by atomic mass is 10.1. The summed E-state index contributed by atoms with van der Waals surface area (Å²) in [5, 5.41) is 0. The van der Waals surface area contributed by atoms with Gasteiger partial charge in [-0.25, -0.2) is 0 Å². The molecule has 0 radical (unpaired) electrons. The Morgan fingerprint density at radius 3 is 2.15 bits per heavy atom. The van der Waals surface area contributed by atoms with Crippen LogP contribution in [-0.4, -0.2) is 30.1 Å². The third-order valence-corrected chi connectivity index (χ3v) is 2.91. The van der Waals surface area contributed by atoms with Crippen LogP contribution in [-0.2, 0) is 0 Å². The quantitative estimate of drug-likeness (QED) is 0.798. The monoisotopic (exact) mass is 287 g/mol. The van der Waals surface area contributed by atoms with Crippen LogP contribution < -0.4 is 0 Å². The van der Waals surface area contributed by atoms with E-state index in [1.54, 1.807) is 12.1 Å². The van der Waals surface area contributed by atoms with Crippen LogP contribution in [0, 0.1) is 13.8 Å². The van der Waals surface area contributed by atoms with Crippen molar-refractivity contribution >= 4 is 5.91 Å². The number of hydrogen-bond donors (Lipinski definition) is 0. The molecule has 0 N–H and O–H groups in total. The molecular weight excluding hydrogens is 267 g/mol. The zero-order valence-corrected chi connectivity index (χ0v) is 12.0. The maximum absolute atomic E-state index is 12.6. The molecule has 1 rings (SSSR count). The third-order valence-electron chi connectivity index (χ3n) is 2.91. The molecule has 1 aromatic carbocycles. The molecule has 0 spiro atoms. The fourth-order valence-corrected chi connectivity index (χ4v) is 2.10. The Labute approximate surface area is 117 Å². The number of nitrogens with zero attached hydrogens (tertiary/aromatic N) is 1. The first kappa shape index (κ1) is 16.5. The van der Waals surface area contributed by atoms with Crippen molar-refractivity contribution in [1.29, 1.82) is 0 Å². The van der Waals surface area contributed by atoms with Gasteiger partial charge in [0.05, 0.1) is 0 Å². The van der Waals surface area contributed by atoms with Crippen molar-refractivity contribution in [1.82, 2.24) is 4.90 Å². The molecule has 0 saturated carbocycles. The van der Waals surface area contributed by atoms with E-state index in [1.165, 1.54) is 0 Å². The van der Waals surface area contributed by atoms with Crippen LogP contribution in [0.15, 0.2) is 18.2 Å². The van der Waals surface area contributed by atoms with Crippen molar-refractivity contribution in [2.45, 2.75) is 39.8 Å². The largest absolute Gasteiger partial charge is 0.406 e. The van der Waals surface area contributed by atoms with Crippen LogP contribution >= 0.6 is 0 Å². The van der Waals surface area contributed by atoms with Gasteiger partial charge >= 0.3 is 6.18 Å². The van der Waals surface area contributed by atoms with Crippen LogP contribution in [0.3, 0.4) is 0 Å². The van der Waals surface area contributed by atoms with Crippen molar-refractivity contribution in [3.8, 4) is 0 Å². The molecule has 0 saturated heterocycles. The predicted octanol–water partition coefficient (Wildman–Crippen LogP) is 4.11. The van der Waals surface area contributed by atoms with E-state index in [0.717, 1.165) is 22.4 Å². The Kier molecular flexibility index (Phi) is 5.60. The minimum atomic E-state index is -4.37. The second-order valence-corrected chi connectivity index (χ2v) is 5.07. The molecule has 0 atom stereocenters. The fourth-order valence-electron chi connectivity index (χ4n) is 2.10. The molecule has 20 heavy (non-hydrogen) atoms. The van der Waals surface area contributed by atoms with Crippen molar-refractivity contribution in [3.63, 3.8) is 0 Å². The maximum atomic E-state index is 12.6. The summed E-state index contributed by atoms with van der Waals surface area (Å²) in [7, 11) is 0. The minimum Gasteiger partial charge on any atom is -0.330 e. The molecule has 2 nitrogen and oxygen atoms in total. The Morgan fingerprint density at radius 1 is 1.15 bits per heavy atom. The van der Waals surface area contributed by atoms with Gasteiger partial charge in [-0.1, -0.05) is 30.5 Å². The summed E-state index contributed by atoms with van der Waals surface area (Å²) in [6.07, 6.45) is -3.07. The standard InChI is InChI=1S/C15H20F3NO/c1-4-5-6-19(10-15(16,17)18)14(20)13-8-11(2)7-12(3)9-13/h7-9H,4-6,10H2,1-3H3. The van der Waals surface area contributed by atoms with Gasteiger partial charge in [0, 0.05) is 12.1 Å². The Balaban J connectivity index is 2.96. The second-order valence-electron chi connectivity index (χ2n) is 5.07. The molecule has 0 aromatic heterocycles. The first-order valence-corrected chi connectivity index (χ1v) is 6.67. The number of amides is 1. The van der Waals surface area contributed by atoms with Gasteiger partial charge in [0.15, 0.2) is 0 Å². The molecule has 1 amide bonds. The number of hydrogen-bond acceptors (Lipinski definition) is 1. The summed E-state index contributed by atoms with van der Waals surface area (Å²) < 4.78 is 37.7. The Bertz CT molecular complexity index is 448. The molecule has 1 aromatic rings. The van der Waals surface area contributed by atoms with Crippen LogP contribution in [0.4, 0.5) is 13.2 Å². The van der Waals surface area contributed by atoms with Gasteiger partial charge in [-0.05, 0) is 32.4 Å². The molecule has 0 unspecified atom stereocenters. The van der Waals surface area contributed by atoms with E-state index in [-0.39, 0.29) is 6.54 Å². The average molecular weight is 287 g/mol. The van der Waals surface area contributed by atoms with Gasteiger partial charge in [0.1, 0.15) is 6.54 Å². The highest BCUT2D eigenvalue weighted by Gasteiger charge is 2.33. The van der Waals surface area contributed by atoms with E-state index in [1.807, 2.05) is 26.8 Å². The molecule has 0 aliphatic heterocycles. The van der Waals surface area contributed by atoms with Crippen molar-refractivity contribution in [2.24, 2.45) is 0 Å². The van der Waals surface area contributed by atoms with Crippen LogP contribution in [0.25, 0.3) is 0 Å². The lowest BCUT2D eigenvalue weighted by Crippen LogP contribution is -2.39. The van der Waals surface area contributed by atoms with Gasteiger partial charge in [0.2, 0.25) is 0 Å². The highest BCUT2D eigenvalue weighted by Crippen LogP contribution is 2.19. The second kappa shape index (κ2) is 6.77. The SMILES string of the molecule is CCCCN(CC(F)(F)F)C(=O)c1cc(C)cc(C)c1. The van der Waals surface area contributed by atoms with Crippen molar-refractivity contribution in [3.05, 3.63) is 34.9 Å². The zero-order valence-electron chi connectivity index (χ0n) is 12.0. The molecule has 0 bridgehead atoms. The summed E-state index contributed by atoms with van der Waals surface area (Å²) >= 11 is 0. The fraction of sp³-hybridized carbons (Fsp3) is 0.533. The Morgan fingerprint density at radius 2 is 1.70 bits per heavy atom. The van der Waals surface area contributed by atoms with E-state index in [2.05, 4.69) is 0 Å². The number of halogens is 3. The number of alkyl halides is 3. The molecule has 5 heteroatoms. The summed E-state index contributed by atoms with van der Waals surface area (Å²) in [4.78, 5) is 13.1. The smallest absolute Gasteiger partial charge is 0.330 e. The predicted molar refractivity (Wildman–Crippen MR) is 72.8 cm³/mol. The lowest BCUT2D eigenvalue weighted by molar-refractivity contribution is -0.140. The van der Waals surface area contributed by atoms with Gasteiger partial charge in [-0.2, -0.15) is 13.2 Å². The van der Waals surface area contributed by atoms with E-state index in [0.29, 0.717) is 12.0 Å². The first-order chi connectivity index (χ1) is 9.23. The average Bonchev–Trinajstić information content (AvgIpc) is 2.31. The van der Waals surface area contributed by atoms with Crippen LogP contribution in [0.5, 0.6) is 0 Å². The van der Waals surface area contributed by atoms with E-state index < -0.39 is 18.6 Å². The highest BCUT2D eigenvalue weighted by atomic mass is 19.4. The lowest BCUT2D eigenvalue weighted by Gasteiger charge is -2.24. The Hall–Kier alpha value is -1.52. The molecule has 112 valence electrons. The molecule has 0 aliphatic carbocycles. The molecular formula is C15H20F3NO. The minimum absolute atomic E-state index is 0.127. The van der Waals surface area contributed by atoms with E-state index in [4.69, 9.17) is 0 Å². The third kappa shape index (κ3) is 5.23. The topological polar surface area (TPSA) is 20.3 Å². The van der Waals surface area contributed by atoms with Crippen molar-refractivity contribution in [2.75, 3.05) is 13.1 Å². The normalized spacial score (nSPS) is 11.5. The van der Waals surface area contributed by atoms with Crippen molar-refractivity contribution < 1.29 is 18.0 Å². The summed E-state index contributed by atoms with van der Waals surface area (Å²) in [6.45, 7) is 4.46. The number of benzene rings is 1. The van der Waals surface area contributed by atoms with Crippen LogP contribution in [0.1, 0.15) is 41.3 Å². The molecule has 0 aliphatic rings. The zero-order chi connectivity index (χ0) is 15.3. The number of carbonyl (C=O) groups is 1. The van der Waals surface area contributed by atoms with Gasteiger partial charge in [0.25, 0.3) is 5.91 Å². The summed E-state index contributed by atoms with van der Waals surface area (Å²) in [5.74, 6) is -0.553. The summed E-state index contributed by atoms with van der Waals surface area (Å²) in [6, 6.07) is 5.15. The van der Waals surface area contributed by atoms with E-state index in [9.17, 15) is 18.0 Å². The number of rotatable bonds is 5. The number of carbonyl (C=O) groups excluding carboxylic acids is 1. The van der Waals surface area contributed by atoms with Crippen LogP contribution in [0.2, 0.25) is 0 Å².